The number of phosphoric ester groups is 1. The van der Waals surface area contributed by atoms with Crippen molar-refractivity contribution in [2.75, 3.05) is 32.6 Å². The van der Waals surface area contributed by atoms with Crippen LogP contribution in [-0.4, -0.2) is 62.8 Å². The molecule has 3 heterocycles. The second kappa shape index (κ2) is 11.7. The Balaban J connectivity index is 1.75. The van der Waals surface area contributed by atoms with Gasteiger partial charge in [-0.2, -0.15) is 5.26 Å². The van der Waals surface area contributed by atoms with Crippen molar-refractivity contribution in [1.82, 2.24) is 19.4 Å². The molecule has 3 aromatic heterocycles. The number of pyridine rings is 2. The van der Waals surface area contributed by atoms with Crippen LogP contribution in [-0.2, 0) is 20.6 Å². The number of nitrogens with zero attached hydrogens (tertiary/aromatic N) is 6. The molecule has 0 saturated heterocycles. The van der Waals surface area contributed by atoms with Crippen molar-refractivity contribution in [2.24, 2.45) is 0 Å². The third kappa shape index (κ3) is 6.83. The highest BCUT2D eigenvalue weighted by atomic mass is 31.2. The first-order chi connectivity index (χ1) is 18.6. The van der Waals surface area contributed by atoms with Gasteiger partial charge in [0.25, 0.3) is 0 Å². The predicted molar refractivity (Wildman–Crippen MR) is 147 cm³/mol. The second-order valence-electron chi connectivity index (χ2n) is 9.04. The van der Waals surface area contributed by atoms with E-state index in [1.54, 1.807) is 56.1 Å². The van der Waals surface area contributed by atoms with Crippen LogP contribution in [0.1, 0.15) is 5.56 Å². The van der Waals surface area contributed by atoms with Crippen molar-refractivity contribution in [1.29, 1.82) is 5.26 Å². The molecule has 11 nitrogen and oxygen atoms in total. The van der Waals surface area contributed by atoms with E-state index < -0.39 is 14.6 Å². The molecule has 2 N–H and O–H groups in total. The van der Waals surface area contributed by atoms with Gasteiger partial charge in [0.05, 0.1) is 23.5 Å². The number of anilines is 1. The van der Waals surface area contributed by atoms with Gasteiger partial charge in [0, 0.05) is 60.3 Å². The van der Waals surface area contributed by atoms with Crippen LogP contribution < -0.4 is 4.90 Å². The zero-order chi connectivity index (χ0) is 28.2. The maximum absolute atomic E-state index is 12.6. The van der Waals surface area contributed by atoms with E-state index in [1.165, 1.54) is 15.5 Å². The number of nitriles is 1. The van der Waals surface area contributed by atoms with E-state index in [0.29, 0.717) is 40.0 Å². The van der Waals surface area contributed by atoms with E-state index in [-0.39, 0.29) is 5.91 Å². The fourth-order valence-corrected chi connectivity index (χ4v) is 4.20. The Hall–Kier alpha value is -4.17. The summed E-state index contributed by atoms with van der Waals surface area (Å²) in [5.74, 6) is -0.189. The highest BCUT2D eigenvalue weighted by molar-refractivity contribution is 7.46. The lowest BCUT2D eigenvalue weighted by molar-refractivity contribution is -0.113. The average molecular weight is 547 g/mol. The molecule has 0 atom stereocenters. The van der Waals surface area contributed by atoms with Gasteiger partial charge in [0.1, 0.15) is 12.4 Å². The summed E-state index contributed by atoms with van der Waals surface area (Å²) in [6, 6.07) is 12.8. The number of rotatable bonds is 9. The van der Waals surface area contributed by atoms with Crippen LogP contribution in [0.25, 0.3) is 33.3 Å². The molecule has 4 rings (SSSR count). The molecule has 0 spiro atoms. The van der Waals surface area contributed by atoms with Crippen LogP contribution in [0.2, 0.25) is 0 Å². The third-order valence-corrected chi connectivity index (χ3v) is 6.34. The summed E-state index contributed by atoms with van der Waals surface area (Å²) in [6.07, 6.45) is 9.86. The smallest absolute Gasteiger partial charge is 0.310 e. The fourth-order valence-electron chi connectivity index (χ4n) is 3.92. The Morgan fingerprint density at radius 2 is 1.90 bits per heavy atom. The van der Waals surface area contributed by atoms with E-state index >= 15 is 0 Å². The molecule has 0 bridgehead atoms. The summed E-state index contributed by atoms with van der Waals surface area (Å²) >= 11 is 0. The molecule has 1 amide bonds. The molecule has 4 aromatic rings. The molecule has 0 aliphatic carbocycles. The van der Waals surface area contributed by atoms with E-state index in [0.717, 1.165) is 11.1 Å². The van der Waals surface area contributed by atoms with Crippen molar-refractivity contribution < 1.29 is 23.7 Å². The number of carbonyl (C=O) groups excluding carboxylic acids is 1. The Kier molecular flexibility index (Phi) is 8.35. The van der Waals surface area contributed by atoms with E-state index in [2.05, 4.69) is 16.0 Å². The van der Waals surface area contributed by atoms with Gasteiger partial charge in [-0.25, -0.2) is 9.55 Å². The summed E-state index contributed by atoms with van der Waals surface area (Å²) in [5.41, 5.74) is 4.37. The topological polar surface area (TPSA) is 145 Å². The second-order valence-corrected chi connectivity index (χ2v) is 10.3. The maximum atomic E-state index is 12.6. The number of aromatic nitrogens is 3. The largest absolute Gasteiger partial charge is 0.471 e. The van der Waals surface area contributed by atoms with Gasteiger partial charge in [0.15, 0.2) is 0 Å². The average Bonchev–Trinajstić information content (AvgIpc) is 3.29. The molecule has 200 valence electrons. The SMILES string of the molecule is CN(C)C/C=C/C(=O)N(C)c1cncc(-c2cnc3c(c2)c(-c2cccc(C#N)c2)cn3COP(=O)(O)O)c1. The molecule has 1 aromatic carbocycles. The maximum Gasteiger partial charge on any atom is 0.471 e. The molecular formula is C27H27N6O5P. The van der Waals surface area contributed by atoms with Crippen molar-refractivity contribution >= 4 is 30.5 Å². The Labute approximate surface area is 225 Å². The number of hydrogen-bond donors (Lipinski definition) is 2. The summed E-state index contributed by atoms with van der Waals surface area (Å²) in [5, 5.41) is 10.0. The summed E-state index contributed by atoms with van der Waals surface area (Å²) in [7, 11) is 0.792. The number of phosphoric acid groups is 1. The zero-order valence-corrected chi connectivity index (χ0v) is 22.5. The number of carbonyl (C=O) groups is 1. The lowest BCUT2D eigenvalue weighted by Crippen LogP contribution is -2.24. The third-order valence-electron chi connectivity index (χ3n) is 5.89. The zero-order valence-electron chi connectivity index (χ0n) is 21.6. The van der Waals surface area contributed by atoms with Gasteiger partial charge in [-0.1, -0.05) is 18.2 Å². The van der Waals surface area contributed by atoms with Gasteiger partial charge < -0.3 is 24.2 Å². The predicted octanol–water partition coefficient (Wildman–Crippen LogP) is 3.78. The fraction of sp³-hybridized carbons (Fsp3) is 0.185. The highest BCUT2D eigenvalue weighted by Crippen LogP contribution is 2.38. The lowest BCUT2D eigenvalue weighted by atomic mass is 10.0. The molecule has 39 heavy (non-hydrogen) atoms. The van der Waals surface area contributed by atoms with Crippen molar-refractivity contribution in [2.45, 2.75) is 6.73 Å². The van der Waals surface area contributed by atoms with Crippen molar-refractivity contribution in [3.63, 3.8) is 0 Å². The van der Waals surface area contributed by atoms with Gasteiger partial charge in [-0.05, 0) is 43.9 Å². The highest BCUT2D eigenvalue weighted by Gasteiger charge is 2.18. The number of benzene rings is 1. The van der Waals surface area contributed by atoms with Gasteiger partial charge in [-0.15, -0.1) is 0 Å². The molecule has 0 saturated carbocycles. The summed E-state index contributed by atoms with van der Waals surface area (Å²) < 4.78 is 17.5. The monoisotopic (exact) mass is 546 g/mol. The Morgan fingerprint density at radius 3 is 2.62 bits per heavy atom. The van der Waals surface area contributed by atoms with Gasteiger partial charge in [-0.3, -0.25) is 14.3 Å². The van der Waals surface area contributed by atoms with E-state index in [9.17, 15) is 24.4 Å². The summed E-state index contributed by atoms with van der Waals surface area (Å²) in [6.45, 7) is 0.221. The van der Waals surface area contributed by atoms with Crippen LogP contribution in [0.3, 0.4) is 0 Å². The minimum Gasteiger partial charge on any atom is -0.310 e. The Bertz CT molecular complexity index is 1640. The van der Waals surface area contributed by atoms with Crippen LogP contribution in [0.4, 0.5) is 5.69 Å². The molecular weight excluding hydrogens is 519 g/mol. The van der Waals surface area contributed by atoms with Crippen LogP contribution in [0, 0.1) is 11.3 Å². The summed E-state index contributed by atoms with van der Waals surface area (Å²) in [4.78, 5) is 43.3. The molecule has 0 unspecified atom stereocenters. The van der Waals surface area contributed by atoms with Crippen LogP contribution in [0.15, 0.2) is 73.3 Å². The van der Waals surface area contributed by atoms with E-state index in [1.807, 2.05) is 37.2 Å². The molecule has 12 heteroatoms. The molecule has 0 fully saturated rings. The minimum atomic E-state index is -4.72. The Morgan fingerprint density at radius 1 is 1.13 bits per heavy atom. The molecule has 0 radical (unpaired) electrons. The lowest BCUT2D eigenvalue weighted by Gasteiger charge is -2.16. The van der Waals surface area contributed by atoms with Crippen LogP contribution >= 0.6 is 7.82 Å². The first-order valence-corrected chi connectivity index (χ1v) is 13.3. The quantitative estimate of drug-likeness (QED) is 0.237. The first kappa shape index (κ1) is 27.9. The first-order valence-electron chi connectivity index (χ1n) is 11.8. The number of amides is 1. The van der Waals surface area contributed by atoms with Crippen LogP contribution in [0.5, 0.6) is 0 Å². The minimum absolute atomic E-state index is 0.189. The standard InChI is InChI=1S/C27H27N6O5P/c1-31(2)9-5-8-26(34)32(3)23-11-21(14-29-16-23)22-12-24-25(20-7-4-6-19(10-20)13-28)17-33(27(24)30-15-22)18-38-39(35,36)37/h4-8,10-12,14-17H,9,18H2,1-3H3,(H2,35,36,37)/b8-5+. The van der Waals surface area contributed by atoms with Crippen molar-refractivity contribution in [3.8, 4) is 28.3 Å². The molecule has 0 aliphatic heterocycles. The van der Waals surface area contributed by atoms with Crippen molar-refractivity contribution in [3.05, 3.63) is 78.9 Å². The number of fused-ring (bicyclic) bond motifs is 1. The normalized spacial score (nSPS) is 11.8. The molecule has 0 aliphatic rings. The van der Waals surface area contributed by atoms with Gasteiger partial charge >= 0.3 is 7.82 Å². The number of likely N-dealkylation sites (N-methyl/N-ethyl adjacent to an activating group) is 2. The van der Waals surface area contributed by atoms with E-state index in [4.69, 9.17) is 4.52 Å². The van der Waals surface area contributed by atoms with Gasteiger partial charge in [0.2, 0.25) is 5.91 Å². The number of hydrogen-bond acceptors (Lipinski definition) is 7.